The minimum atomic E-state index is -0.00273. The van der Waals surface area contributed by atoms with E-state index in [1.165, 1.54) is 0 Å². The van der Waals surface area contributed by atoms with Gasteiger partial charge in [0.05, 0.1) is 13.2 Å². The minimum absolute atomic E-state index is 0.00273. The fraction of sp³-hybridized carbons (Fsp3) is 0.188. The number of hydrogen-bond acceptors (Lipinski definition) is 3. The molecule has 0 saturated carbocycles. The molecule has 0 atom stereocenters. The fourth-order valence-electron chi connectivity index (χ4n) is 2.07. The molecule has 0 spiro atoms. The molecule has 2 aromatic rings. The highest BCUT2D eigenvalue weighted by Crippen LogP contribution is 2.31. The zero-order valence-electron chi connectivity index (χ0n) is 10.8. The van der Waals surface area contributed by atoms with E-state index in [1.54, 1.807) is 18.2 Å². The molecule has 0 saturated heterocycles. The largest absolute Gasteiger partial charge is 0.490 e. The van der Waals surface area contributed by atoms with Gasteiger partial charge >= 0.3 is 0 Å². The SMILES string of the molecule is O=C(c1ccc(I)cc1)c1ccc2c(c1)OCCCO2. The molecule has 0 amide bonds. The zero-order valence-corrected chi connectivity index (χ0v) is 12.9. The number of carbonyl (C=O) groups excluding carboxylic acids is 1. The lowest BCUT2D eigenvalue weighted by molar-refractivity contribution is 0.103. The van der Waals surface area contributed by atoms with Gasteiger partial charge in [0.2, 0.25) is 0 Å². The number of halogens is 1. The molecule has 0 unspecified atom stereocenters. The molecule has 0 aromatic heterocycles. The van der Waals surface area contributed by atoms with E-state index in [0.29, 0.717) is 35.8 Å². The molecule has 1 aliphatic rings. The van der Waals surface area contributed by atoms with Gasteiger partial charge in [-0.05, 0) is 65.1 Å². The fourth-order valence-corrected chi connectivity index (χ4v) is 2.43. The van der Waals surface area contributed by atoms with E-state index in [0.717, 1.165) is 9.99 Å². The minimum Gasteiger partial charge on any atom is -0.490 e. The van der Waals surface area contributed by atoms with Crippen LogP contribution in [0.2, 0.25) is 0 Å². The van der Waals surface area contributed by atoms with Crippen molar-refractivity contribution in [1.29, 1.82) is 0 Å². The van der Waals surface area contributed by atoms with E-state index in [9.17, 15) is 4.79 Å². The van der Waals surface area contributed by atoms with Gasteiger partial charge in [-0.25, -0.2) is 0 Å². The summed E-state index contributed by atoms with van der Waals surface area (Å²) in [6, 6.07) is 12.9. The van der Waals surface area contributed by atoms with E-state index in [-0.39, 0.29) is 5.78 Å². The van der Waals surface area contributed by atoms with E-state index in [2.05, 4.69) is 22.6 Å². The van der Waals surface area contributed by atoms with E-state index >= 15 is 0 Å². The lowest BCUT2D eigenvalue weighted by Crippen LogP contribution is -2.02. The summed E-state index contributed by atoms with van der Waals surface area (Å²) in [7, 11) is 0. The standard InChI is InChI=1S/C16H13IO3/c17-13-5-2-11(3-6-13)16(18)12-4-7-14-15(10-12)20-9-1-8-19-14/h2-7,10H,1,8-9H2. The van der Waals surface area contributed by atoms with Crippen molar-refractivity contribution in [2.45, 2.75) is 6.42 Å². The van der Waals surface area contributed by atoms with Crippen LogP contribution in [0.4, 0.5) is 0 Å². The van der Waals surface area contributed by atoms with Gasteiger partial charge in [0.15, 0.2) is 17.3 Å². The van der Waals surface area contributed by atoms with Crippen molar-refractivity contribution in [3.05, 3.63) is 57.2 Å². The Bertz CT molecular complexity index is 635. The highest BCUT2D eigenvalue weighted by Gasteiger charge is 2.15. The smallest absolute Gasteiger partial charge is 0.193 e. The molecule has 0 aliphatic carbocycles. The van der Waals surface area contributed by atoms with Gasteiger partial charge in [0, 0.05) is 21.1 Å². The summed E-state index contributed by atoms with van der Waals surface area (Å²) in [5.41, 5.74) is 1.30. The van der Waals surface area contributed by atoms with Crippen molar-refractivity contribution >= 4 is 28.4 Å². The zero-order chi connectivity index (χ0) is 13.9. The van der Waals surface area contributed by atoms with Gasteiger partial charge in [-0.2, -0.15) is 0 Å². The molecule has 3 nitrogen and oxygen atoms in total. The first-order chi connectivity index (χ1) is 9.74. The highest BCUT2D eigenvalue weighted by atomic mass is 127. The predicted molar refractivity (Wildman–Crippen MR) is 84.6 cm³/mol. The first kappa shape index (κ1) is 13.4. The number of ether oxygens (including phenoxy) is 2. The van der Waals surface area contributed by atoms with Crippen LogP contribution in [0.5, 0.6) is 11.5 Å². The van der Waals surface area contributed by atoms with Crippen LogP contribution in [0.15, 0.2) is 42.5 Å². The summed E-state index contributed by atoms with van der Waals surface area (Å²) in [5.74, 6) is 1.36. The summed E-state index contributed by atoms with van der Waals surface area (Å²) in [6.45, 7) is 1.27. The van der Waals surface area contributed by atoms with Crippen LogP contribution < -0.4 is 9.47 Å². The summed E-state index contributed by atoms with van der Waals surface area (Å²) < 4.78 is 12.3. The third kappa shape index (κ3) is 2.80. The Morgan fingerprint density at radius 1 is 0.900 bits per heavy atom. The first-order valence-corrected chi connectivity index (χ1v) is 7.52. The Morgan fingerprint density at radius 3 is 2.30 bits per heavy atom. The van der Waals surface area contributed by atoms with E-state index in [4.69, 9.17) is 9.47 Å². The molecule has 0 N–H and O–H groups in total. The highest BCUT2D eigenvalue weighted by molar-refractivity contribution is 14.1. The van der Waals surface area contributed by atoms with Crippen molar-refractivity contribution in [1.82, 2.24) is 0 Å². The van der Waals surface area contributed by atoms with Crippen LogP contribution in [-0.4, -0.2) is 19.0 Å². The third-order valence-electron chi connectivity index (χ3n) is 3.12. The molecule has 1 heterocycles. The number of benzene rings is 2. The Kier molecular flexibility index (Phi) is 3.91. The Hall–Kier alpha value is -1.56. The average Bonchev–Trinajstić information content (AvgIpc) is 2.71. The predicted octanol–water partition coefficient (Wildman–Crippen LogP) is 3.68. The number of fused-ring (bicyclic) bond motifs is 1. The van der Waals surface area contributed by atoms with Crippen LogP contribution in [0.3, 0.4) is 0 Å². The lowest BCUT2D eigenvalue weighted by Gasteiger charge is -2.09. The van der Waals surface area contributed by atoms with Crippen molar-refractivity contribution in [2.24, 2.45) is 0 Å². The van der Waals surface area contributed by atoms with Gasteiger partial charge in [-0.1, -0.05) is 0 Å². The van der Waals surface area contributed by atoms with Gasteiger partial charge in [-0.15, -0.1) is 0 Å². The second-order valence-corrected chi connectivity index (χ2v) is 5.79. The molecule has 102 valence electrons. The summed E-state index contributed by atoms with van der Waals surface area (Å²) in [4.78, 5) is 12.4. The number of ketones is 1. The van der Waals surface area contributed by atoms with Crippen LogP contribution in [0, 0.1) is 3.57 Å². The van der Waals surface area contributed by atoms with Gasteiger partial charge in [-0.3, -0.25) is 4.79 Å². The molecular weight excluding hydrogens is 367 g/mol. The number of hydrogen-bond donors (Lipinski definition) is 0. The topological polar surface area (TPSA) is 35.5 Å². The van der Waals surface area contributed by atoms with Crippen LogP contribution in [-0.2, 0) is 0 Å². The monoisotopic (exact) mass is 380 g/mol. The van der Waals surface area contributed by atoms with Crippen LogP contribution in [0.1, 0.15) is 22.3 Å². The second kappa shape index (κ2) is 5.83. The van der Waals surface area contributed by atoms with Crippen molar-refractivity contribution in [2.75, 3.05) is 13.2 Å². The van der Waals surface area contributed by atoms with Gasteiger partial charge < -0.3 is 9.47 Å². The van der Waals surface area contributed by atoms with E-state index < -0.39 is 0 Å². The Labute approximate surface area is 131 Å². The maximum atomic E-state index is 12.4. The van der Waals surface area contributed by atoms with E-state index in [1.807, 2.05) is 24.3 Å². The normalized spacial score (nSPS) is 13.7. The summed E-state index contributed by atoms with van der Waals surface area (Å²) in [6.07, 6.45) is 0.856. The molecule has 2 aromatic carbocycles. The number of rotatable bonds is 2. The number of carbonyl (C=O) groups is 1. The molecule has 3 rings (SSSR count). The molecule has 0 fully saturated rings. The summed E-state index contributed by atoms with van der Waals surface area (Å²) in [5, 5.41) is 0. The molecular formula is C16H13IO3. The van der Waals surface area contributed by atoms with Crippen molar-refractivity contribution in [3.8, 4) is 11.5 Å². The maximum absolute atomic E-state index is 12.4. The lowest BCUT2D eigenvalue weighted by atomic mass is 10.0. The van der Waals surface area contributed by atoms with Crippen LogP contribution in [0.25, 0.3) is 0 Å². The van der Waals surface area contributed by atoms with Gasteiger partial charge in [0.25, 0.3) is 0 Å². The molecule has 20 heavy (non-hydrogen) atoms. The van der Waals surface area contributed by atoms with Crippen molar-refractivity contribution in [3.63, 3.8) is 0 Å². The Balaban J connectivity index is 1.92. The van der Waals surface area contributed by atoms with Crippen LogP contribution >= 0.6 is 22.6 Å². The maximum Gasteiger partial charge on any atom is 0.193 e. The molecule has 1 aliphatic heterocycles. The molecule has 0 radical (unpaired) electrons. The van der Waals surface area contributed by atoms with Crippen molar-refractivity contribution < 1.29 is 14.3 Å². The quantitative estimate of drug-likeness (QED) is 0.589. The third-order valence-corrected chi connectivity index (χ3v) is 3.84. The second-order valence-electron chi connectivity index (χ2n) is 4.55. The first-order valence-electron chi connectivity index (χ1n) is 6.44. The summed E-state index contributed by atoms with van der Waals surface area (Å²) >= 11 is 2.22. The average molecular weight is 380 g/mol. The Morgan fingerprint density at radius 2 is 1.55 bits per heavy atom. The molecule has 0 bridgehead atoms. The molecule has 4 heteroatoms. The van der Waals surface area contributed by atoms with Gasteiger partial charge in [0.1, 0.15) is 0 Å².